The molecule has 0 radical (unpaired) electrons. The van der Waals surface area contributed by atoms with Crippen LogP contribution in [0.3, 0.4) is 0 Å². The number of aryl methyl sites for hydroxylation is 1. The third-order valence-electron chi connectivity index (χ3n) is 3.05. The fourth-order valence-corrected chi connectivity index (χ4v) is 2.61. The van der Waals surface area contributed by atoms with Crippen LogP contribution in [0.15, 0.2) is 28.9 Å². The Kier molecular flexibility index (Phi) is 4.46. The third-order valence-corrected chi connectivity index (χ3v) is 3.71. The van der Waals surface area contributed by atoms with Crippen LogP contribution in [0.1, 0.15) is 36.6 Å². The van der Waals surface area contributed by atoms with E-state index >= 15 is 0 Å². The second kappa shape index (κ2) is 6.10. The van der Waals surface area contributed by atoms with E-state index in [1.54, 1.807) is 6.07 Å². The summed E-state index contributed by atoms with van der Waals surface area (Å²) in [5.74, 6) is 0.400. The Morgan fingerprint density at radius 2 is 2.20 bits per heavy atom. The van der Waals surface area contributed by atoms with Gasteiger partial charge in [-0.05, 0) is 40.0 Å². The van der Waals surface area contributed by atoms with Crippen molar-refractivity contribution in [2.45, 2.75) is 26.3 Å². The molecule has 0 saturated carbocycles. The van der Waals surface area contributed by atoms with E-state index < -0.39 is 0 Å². The van der Waals surface area contributed by atoms with Gasteiger partial charge in [0.15, 0.2) is 0 Å². The normalized spacial score (nSPS) is 10.6. The SMILES string of the molecule is CC(C)c1nn(C)cc1CNc1ccc(C#N)cc1Br. The minimum Gasteiger partial charge on any atom is -0.380 e. The minimum atomic E-state index is 0.400. The molecule has 0 fully saturated rings. The average molecular weight is 333 g/mol. The first-order valence-electron chi connectivity index (χ1n) is 6.47. The van der Waals surface area contributed by atoms with Gasteiger partial charge >= 0.3 is 0 Å². The van der Waals surface area contributed by atoms with Crippen LogP contribution in [0, 0.1) is 11.3 Å². The maximum atomic E-state index is 8.86. The molecule has 1 aromatic heterocycles. The molecule has 1 heterocycles. The van der Waals surface area contributed by atoms with Crippen LogP contribution in [0.25, 0.3) is 0 Å². The van der Waals surface area contributed by atoms with Crippen molar-refractivity contribution in [3.63, 3.8) is 0 Å². The largest absolute Gasteiger partial charge is 0.380 e. The Balaban J connectivity index is 2.15. The summed E-state index contributed by atoms with van der Waals surface area (Å²) in [7, 11) is 1.94. The van der Waals surface area contributed by atoms with E-state index in [1.165, 1.54) is 5.56 Å². The van der Waals surface area contributed by atoms with Gasteiger partial charge in [-0.1, -0.05) is 13.8 Å². The maximum absolute atomic E-state index is 8.86. The van der Waals surface area contributed by atoms with Crippen molar-refractivity contribution in [3.05, 3.63) is 45.7 Å². The first kappa shape index (κ1) is 14.6. The summed E-state index contributed by atoms with van der Waals surface area (Å²) in [6.07, 6.45) is 2.04. The van der Waals surface area contributed by atoms with Gasteiger partial charge in [0.25, 0.3) is 0 Å². The predicted octanol–water partition coefficient (Wildman–Crippen LogP) is 3.79. The molecule has 2 aromatic rings. The second-order valence-corrected chi connectivity index (χ2v) is 5.88. The van der Waals surface area contributed by atoms with Crippen molar-refractivity contribution in [1.82, 2.24) is 9.78 Å². The van der Waals surface area contributed by atoms with Crippen LogP contribution < -0.4 is 5.32 Å². The molecule has 0 atom stereocenters. The highest BCUT2D eigenvalue weighted by Gasteiger charge is 2.11. The van der Waals surface area contributed by atoms with Crippen LogP contribution in [-0.2, 0) is 13.6 Å². The van der Waals surface area contributed by atoms with Crippen molar-refractivity contribution >= 4 is 21.6 Å². The average Bonchev–Trinajstić information content (AvgIpc) is 2.78. The highest BCUT2D eigenvalue weighted by Crippen LogP contribution is 2.25. The lowest BCUT2D eigenvalue weighted by Crippen LogP contribution is -2.03. The fourth-order valence-electron chi connectivity index (χ4n) is 2.10. The van der Waals surface area contributed by atoms with Gasteiger partial charge in [-0.25, -0.2) is 0 Å². The molecule has 2 rings (SSSR count). The zero-order chi connectivity index (χ0) is 14.7. The Morgan fingerprint density at radius 3 is 2.80 bits per heavy atom. The highest BCUT2D eigenvalue weighted by atomic mass is 79.9. The van der Waals surface area contributed by atoms with Crippen LogP contribution >= 0.6 is 15.9 Å². The first-order valence-corrected chi connectivity index (χ1v) is 7.26. The topological polar surface area (TPSA) is 53.6 Å². The van der Waals surface area contributed by atoms with Gasteiger partial charge in [-0.15, -0.1) is 0 Å². The summed E-state index contributed by atoms with van der Waals surface area (Å²) in [5, 5.41) is 16.7. The van der Waals surface area contributed by atoms with E-state index in [4.69, 9.17) is 5.26 Å². The molecule has 0 aliphatic heterocycles. The molecule has 1 N–H and O–H groups in total. The number of nitrogens with one attached hydrogen (secondary N) is 1. The highest BCUT2D eigenvalue weighted by molar-refractivity contribution is 9.10. The monoisotopic (exact) mass is 332 g/mol. The standard InChI is InChI=1S/C15H17BrN4/c1-10(2)15-12(9-20(3)19-15)8-18-14-5-4-11(7-17)6-13(14)16/h4-6,9-10,18H,8H2,1-3H3. The molecule has 4 nitrogen and oxygen atoms in total. The number of benzene rings is 1. The molecular formula is C15H17BrN4. The van der Waals surface area contributed by atoms with E-state index in [1.807, 2.05) is 30.1 Å². The zero-order valence-corrected chi connectivity index (χ0v) is 13.4. The van der Waals surface area contributed by atoms with E-state index in [9.17, 15) is 0 Å². The summed E-state index contributed by atoms with van der Waals surface area (Å²) < 4.78 is 2.74. The Labute approximate surface area is 127 Å². The van der Waals surface area contributed by atoms with Crippen molar-refractivity contribution in [3.8, 4) is 6.07 Å². The molecule has 104 valence electrons. The van der Waals surface area contributed by atoms with Crippen LogP contribution in [0.2, 0.25) is 0 Å². The molecular weight excluding hydrogens is 316 g/mol. The van der Waals surface area contributed by atoms with Gasteiger partial charge < -0.3 is 5.32 Å². The molecule has 0 spiro atoms. The minimum absolute atomic E-state index is 0.400. The maximum Gasteiger partial charge on any atom is 0.0992 e. The molecule has 1 aromatic carbocycles. The Hall–Kier alpha value is -1.80. The van der Waals surface area contributed by atoms with E-state index in [-0.39, 0.29) is 0 Å². The molecule has 0 aliphatic carbocycles. The molecule has 0 aliphatic rings. The molecule has 0 saturated heterocycles. The summed E-state index contributed by atoms with van der Waals surface area (Å²) >= 11 is 3.48. The van der Waals surface area contributed by atoms with Gasteiger partial charge in [-0.2, -0.15) is 10.4 Å². The Bertz CT molecular complexity index is 652. The van der Waals surface area contributed by atoms with Gasteiger partial charge in [0.2, 0.25) is 0 Å². The van der Waals surface area contributed by atoms with Crippen molar-refractivity contribution < 1.29 is 0 Å². The summed E-state index contributed by atoms with van der Waals surface area (Å²) in [6, 6.07) is 7.66. The first-order chi connectivity index (χ1) is 9.51. The lowest BCUT2D eigenvalue weighted by atomic mass is 10.1. The molecule has 0 unspecified atom stereocenters. The van der Waals surface area contributed by atoms with Crippen molar-refractivity contribution in [2.24, 2.45) is 7.05 Å². The van der Waals surface area contributed by atoms with Gasteiger partial charge in [-0.3, -0.25) is 4.68 Å². The lowest BCUT2D eigenvalue weighted by Gasteiger charge is -2.10. The zero-order valence-electron chi connectivity index (χ0n) is 11.8. The van der Waals surface area contributed by atoms with Gasteiger partial charge in [0.1, 0.15) is 0 Å². The summed E-state index contributed by atoms with van der Waals surface area (Å²) in [5.41, 5.74) is 3.93. The van der Waals surface area contributed by atoms with E-state index in [0.29, 0.717) is 18.0 Å². The van der Waals surface area contributed by atoms with Crippen LogP contribution in [0.5, 0.6) is 0 Å². The number of rotatable bonds is 4. The van der Waals surface area contributed by atoms with Gasteiger partial charge in [0, 0.05) is 35.5 Å². The number of anilines is 1. The molecule has 0 amide bonds. The molecule has 0 bridgehead atoms. The van der Waals surface area contributed by atoms with Crippen LogP contribution in [-0.4, -0.2) is 9.78 Å². The quantitative estimate of drug-likeness (QED) is 0.926. The molecule has 20 heavy (non-hydrogen) atoms. The lowest BCUT2D eigenvalue weighted by molar-refractivity contribution is 0.712. The van der Waals surface area contributed by atoms with Crippen LogP contribution in [0.4, 0.5) is 5.69 Å². The van der Waals surface area contributed by atoms with Crippen molar-refractivity contribution in [2.75, 3.05) is 5.32 Å². The van der Waals surface area contributed by atoms with Gasteiger partial charge in [0.05, 0.1) is 17.3 Å². The van der Waals surface area contributed by atoms with E-state index in [2.05, 4.69) is 46.3 Å². The van der Waals surface area contributed by atoms with E-state index in [0.717, 1.165) is 15.9 Å². The second-order valence-electron chi connectivity index (χ2n) is 5.03. The summed E-state index contributed by atoms with van der Waals surface area (Å²) in [4.78, 5) is 0. The molecule has 5 heteroatoms. The number of aromatic nitrogens is 2. The smallest absolute Gasteiger partial charge is 0.0992 e. The number of hydrogen-bond acceptors (Lipinski definition) is 3. The number of halogens is 1. The number of nitriles is 1. The predicted molar refractivity (Wildman–Crippen MR) is 83.5 cm³/mol. The van der Waals surface area contributed by atoms with Crippen molar-refractivity contribution in [1.29, 1.82) is 5.26 Å². The third kappa shape index (κ3) is 3.20. The number of hydrogen-bond donors (Lipinski definition) is 1. The fraction of sp³-hybridized carbons (Fsp3) is 0.333. The Morgan fingerprint density at radius 1 is 1.45 bits per heavy atom. The number of nitrogens with zero attached hydrogens (tertiary/aromatic N) is 3. The summed E-state index contributed by atoms with van der Waals surface area (Å²) in [6.45, 7) is 5.00.